The van der Waals surface area contributed by atoms with E-state index in [1.807, 2.05) is 12.3 Å². The van der Waals surface area contributed by atoms with Crippen molar-refractivity contribution in [2.24, 2.45) is 5.92 Å². The maximum absolute atomic E-state index is 12.0. The van der Waals surface area contributed by atoms with Gasteiger partial charge in [-0.25, -0.2) is 4.98 Å². The van der Waals surface area contributed by atoms with Gasteiger partial charge in [0.25, 0.3) is 0 Å². The van der Waals surface area contributed by atoms with Crippen LogP contribution in [0.1, 0.15) is 52.0 Å². The number of Topliss-reactive ketones (excluding diaryl/α,β-unsaturated/α-hetero) is 1. The molecular weight excluding hydrogens is 302 g/mol. The van der Waals surface area contributed by atoms with Crippen LogP contribution in [0.4, 0.5) is 11.5 Å². The topological polar surface area (TPSA) is 68.5 Å². The Hall–Kier alpha value is -1.62. The van der Waals surface area contributed by atoms with Crippen LogP contribution in [-0.2, 0) is 14.9 Å². The summed E-state index contributed by atoms with van der Waals surface area (Å²) in [6, 6.07) is 2.40. The number of carbonyl (C=O) groups excluding carboxylic acids is 1. The second-order valence-corrected chi connectivity index (χ2v) is 7.66. The van der Waals surface area contributed by atoms with Crippen LogP contribution < -0.4 is 10.6 Å². The Morgan fingerprint density at radius 3 is 2.58 bits per heavy atom. The van der Waals surface area contributed by atoms with Gasteiger partial charge in [-0.15, -0.1) is 0 Å². The first kappa shape index (κ1) is 17.2. The lowest BCUT2D eigenvalue weighted by Gasteiger charge is -2.37. The average Bonchev–Trinajstić information content (AvgIpc) is 3.35. The second-order valence-electron chi connectivity index (χ2n) is 7.66. The van der Waals surface area contributed by atoms with Gasteiger partial charge in [0.15, 0.2) is 5.82 Å². The third-order valence-electron chi connectivity index (χ3n) is 5.34. The molecule has 2 aliphatic rings. The number of ketones is 1. The number of nitrogens with zero attached hydrogens (tertiary/aromatic N) is 2. The van der Waals surface area contributed by atoms with Gasteiger partial charge in [0.05, 0.1) is 11.1 Å². The summed E-state index contributed by atoms with van der Waals surface area (Å²) in [5.41, 5.74) is 7.73. The molecule has 1 aliphatic heterocycles. The van der Waals surface area contributed by atoms with Gasteiger partial charge in [-0.1, -0.05) is 13.8 Å². The molecule has 0 spiro atoms. The molecule has 24 heavy (non-hydrogen) atoms. The normalized spacial score (nSPS) is 20.2. The van der Waals surface area contributed by atoms with Crippen molar-refractivity contribution >= 4 is 17.3 Å². The molecule has 1 aromatic heterocycles. The van der Waals surface area contributed by atoms with E-state index in [0.717, 1.165) is 56.8 Å². The molecule has 0 radical (unpaired) electrons. The minimum absolute atomic E-state index is 0.222. The van der Waals surface area contributed by atoms with Crippen LogP contribution >= 0.6 is 0 Å². The molecule has 132 valence electrons. The van der Waals surface area contributed by atoms with Gasteiger partial charge in [-0.3, -0.25) is 4.79 Å². The van der Waals surface area contributed by atoms with E-state index in [2.05, 4.69) is 18.7 Å². The highest BCUT2D eigenvalue weighted by molar-refractivity contribution is 5.91. The number of rotatable bonds is 6. The first-order valence-corrected chi connectivity index (χ1v) is 9.05. The molecule has 2 N–H and O–H groups in total. The Labute approximate surface area is 144 Å². The Kier molecular flexibility index (Phi) is 4.81. The molecule has 0 amide bonds. The van der Waals surface area contributed by atoms with Crippen molar-refractivity contribution in [3.05, 3.63) is 17.8 Å². The van der Waals surface area contributed by atoms with Gasteiger partial charge in [0, 0.05) is 32.0 Å². The van der Waals surface area contributed by atoms with Gasteiger partial charge in [-0.05, 0) is 50.2 Å². The van der Waals surface area contributed by atoms with Crippen molar-refractivity contribution in [1.29, 1.82) is 0 Å². The summed E-state index contributed by atoms with van der Waals surface area (Å²) in [6.45, 7) is 8.62. The third kappa shape index (κ3) is 3.27. The van der Waals surface area contributed by atoms with Crippen molar-refractivity contribution in [2.75, 3.05) is 30.4 Å². The predicted octanol–water partition coefficient (Wildman–Crippen LogP) is 2.93. The molecular formula is C19H29N3O2. The Morgan fingerprint density at radius 2 is 2.08 bits per heavy atom. The van der Waals surface area contributed by atoms with Crippen LogP contribution in [0.5, 0.6) is 0 Å². The zero-order valence-electron chi connectivity index (χ0n) is 15.0. The summed E-state index contributed by atoms with van der Waals surface area (Å²) in [6.07, 6.45) is 5.71. The number of pyridine rings is 1. The van der Waals surface area contributed by atoms with Crippen LogP contribution in [0.15, 0.2) is 12.3 Å². The van der Waals surface area contributed by atoms with Crippen LogP contribution in [0.25, 0.3) is 0 Å². The Balaban J connectivity index is 1.88. The summed E-state index contributed by atoms with van der Waals surface area (Å²) in [7, 11) is 0. The molecule has 2 heterocycles. The number of aromatic nitrogens is 1. The maximum atomic E-state index is 12.0. The van der Waals surface area contributed by atoms with Crippen molar-refractivity contribution in [1.82, 2.24) is 4.98 Å². The minimum atomic E-state index is -0.318. The molecule has 5 heteroatoms. The van der Waals surface area contributed by atoms with Crippen LogP contribution in [0.3, 0.4) is 0 Å². The van der Waals surface area contributed by atoms with Crippen molar-refractivity contribution < 1.29 is 9.53 Å². The Morgan fingerprint density at radius 1 is 1.42 bits per heavy atom. The first-order valence-electron chi connectivity index (χ1n) is 9.05. The molecule has 1 aromatic rings. The molecule has 2 fully saturated rings. The minimum Gasteiger partial charge on any atom is -0.396 e. The maximum Gasteiger partial charge on any atom is 0.152 e. The molecule has 1 saturated heterocycles. The van der Waals surface area contributed by atoms with Gasteiger partial charge in [0.2, 0.25) is 0 Å². The molecule has 0 bridgehead atoms. The van der Waals surface area contributed by atoms with E-state index in [1.165, 1.54) is 0 Å². The number of anilines is 2. The lowest BCUT2D eigenvalue weighted by atomic mass is 9.93. The zero-order chi connectivity index (χ0) is 17.3. The van der Waals surface area contributed by atoms with E-state index in [-0.39, 0.29) is 11.2 Å². The highest BCUT2D eigenvalue weighted by atomic mass is 16.5. The van der Waals surface area contributed by atoms with Gasteiger partial charge in [0.1, 0.15) is 5.78 Å². The van der Waals surface area contributed by atoms with Gasteiger partial charge < -0.3 is 15.4 Å². The number of hydrogen-bond acceptors (Lipinski definition) is 5. The van der Waals surface area contributed by atoms with Crippen LogP contribution in [0.2, 0.25) is 0 Å². The van der Waals surface area contributed by atoms with E-state index in [1.54, 1.807) is 6.92 Å². The van der Waals surface area contributed by atoms with E-state index in [4.69, 9.17) is 15.5 Å². The smallest absolute Gasteiger partial charge is 0.152 e. The monoisotopic (exact) mass is 331 g/mol. The largest absolute Gasteiger partial charge is 0.396 e. The quantitative estimate of drug-likeness (QED) is 0.868. The average molecular weight is 331 g/mol. The lowest BCUT2D eigenvalue weighted by molar-refractivity contribution is -0.119. The van der Waals surface area contributed by atoms with Crippen LogP contribution in [-0.4, -0.2) is 36.6 Å². The molecule has 1 aliphatic carbocycles. The molecule has 1 saturated carbocycles. The van der Waals surface area contributed by atoms with Crippen molar-refractivity contribution in [3.63, 3.8) is 0 Å². The number of nitrogen functional groups attached to an aromatic ring is 1. The first-order chi connectivity index (χ1) is 11.4. The van der Waals surface area contributed by atoms with E-state index < -0.39 is 0 Å². The summed E-state index contributed by atoms with van der Waals surface area (Å²) < 4.78 is 5.50. The zero-order valence-corrected chi connectivity index (χ0v) is 15.0. The second kappa shape index (κ2) is 6.71. The third-order valence-corrected chi connectivity index (χ3v) is 5.34. The number of carbonyl (C=O) groups is 1. The van der Waals surface area contributed by atoms with Crippen molar-refractivity contribution in [3.8, 4) is 0 Å². The fraction of sp³-hybridized carbons (Fsp3) is 0.684. The molecule has 0 unspecified atom stereocenters. The standard InChI is InChI=1S/C19H29N3O2/c1-13(2)12-22(16-4-8-24-9-5-16)18-17(20)10-15(11-21-18)19(6-7-19)14(3)23/h10-11,13,16H,4-9,12,20H2,1-3H3. The van der Waals surface area contributed by atoms with Gasteiger partial charge in [-0.2, -0.15) is 0 Å². The number of hydrogen-bond donors (Lipinski definition) is 1. The SMILES string of the molecule is CC(=O)C1(c2cnc(N(CC(C)C)C3CCOCC3)c(N)c2)CC1. The summed E-state index contributed by atoms with van der Waals surface area (Å²) in [4.78, 5) is 19.0. The fourth-order valence-electron chi connectivity index (χ4n) is 3.74. The fourth-order valence-corrected chi connectivity index (χ4v) is 3.74. The van der Waals surface area contributed by atoms with E-state index in [9.17, 15) is 4.79 Å². The highest BCUT2D eigenvalue weighted by Gasteiger charge is 2.49. The lowest BCUT2D eigenvalue weighted by Crippen LogP contribution is -2.42. The highest BCUT2D eigenvalue weighted by Crippen LogP contribution is 2.49. The van der Waals surface area contributed by atoms with Crippen molar-refractivity contribution in [2.45, 2.75) is 57.9 Å². The summed E-state index contributed by atoms with van der Waals surface area (Å²) in [5.74, 6) is 1.61. The van der Waals surface area contributed by atoms with E-state index in [0.29, 0.717) is 17.6 Å². The predicted molar refractivity (Wildman–Crippen MR) is 96.3 cm³/mol. The number of nitrogens with two attached hydrogens (primary N) is 1. The summed E-state index contributed by atoms with van der Waals surface area (Å²) in [5, 5.41) is 0. The van der Waals surface area contributed by atoms with Crippen LogP contribution in [0, 0.1) is 5.92 Å². The molecule has 3 rings (SSSR count). The molecule has 0 atom stereocenters. The summed E-state index contributed by atoms with van der Waals surface area (Å²) >= 11 is 0. The number of ether oxygens (including phenoxy) is 1. The molecule has 5 nitrogen and oxygen atoms in total. The van der Waals surface area contributed by atoms with E-state index >= 15 is 0 Å². The van der Waals surface area contributed by atoms with Gasteiger partial charge >= 0.3 is 0 Å². The Bertz CT molecular complexity index is 605. The molecule has 0 aromatic carbocycles.